The van der Waals surface area contributed by atoms with E-state index in [-0.39, 0.29) is 11.6 Å². The van der Waals surface area contributed by atoms with E-state index in [4.69, 9.17) is 0 Å². The van der Waals surface area contributed by atoms with Crippen LogP contribution in [0.25, 0.3) is 0 Å². The van der Waals surface area contributed by atoms with Gasteiger partial charge in [-0.05, 0) is 80.1 Å². The average molecular weight is 529 g/mol. The number of ketones is 2. The van der Waals surface area contributed by atoms with Crippen LogP contribution >= 0.6 is 0 Å². The molecule has 0 saturated carbocycles. The Morgan fingerprint density at radius 1 is 0.439 bits per heavy atom. The first kappa shape index (κ1) is 27.1. The molecule has 0 aromatic heterocycles. The summed E-state index contributed by atoms with van der Waals surface area (Å²) >= 11 is 0. The average Bonchev–Trinajstić information content (AvgIpc) is 3.01. The van der Waals surface area contributed by atoms with Gasteiger partial charge in [-0.3, -0.25) is 9.59 Å². The second-order valence-corrected chi connectivity index (χ2v) is 10.0. The standard InChI is InChI=1S/C39H28O2/c1-28-3-21-35(22-4-28)38(40)27-34-17-15-32(16-18-34)12-11-30-7-9-31(10-8-30)13-14-33-19-25-37(26-20-33)39(41)36-23-5-29(2)6-24-36/h3-10,15-26H,27H2,1-2H3. The molecule has 5 rings (SSSR count). The van der Waals surface area contributed by atoms with Crippen LogP contribution in [-0.4, -0.2) is 11.6 Å². The molecule has 2 nitrogen and oxygen atoms in total. The molecule has 5 aromatic rings. The second kappa shape index (κ2) is 12.6. The summed E-state index contributed by atoms with van der Waals surface area (Å²) in [7, 11) is 0. The van der Waals surface area contributed by atoms with Crippen molar-refractivity contribution < 1.29 is 9.59 Å². The highest BCUT2D eigenvalue weighted by molar-refractivity contribution is 6.09. The Labute approximate surface area is 241 Å². The first-order valence-electron chi connectivity index (χ1n) is 13.5. The highest BCUT2D eigenvalue weighted by atomic mass is 16.1. The van der Waals surface area contributed by atoms with Gasteiger partial charge in [0.2, 0.25) is 0 Å². The van der Waals surface area contributed by atoms with Gasteiger partial charge in [0.15, 0.2) is 11.6 Å². The molecular weight excluding hydrogens is 500 g/mol. The summed E-state index contributed by atoms with van der Waals surface area (Å²) in [5, 5.41) is 0. The van der Waals surface area contributed by atoms with Crippen molar-refractivity contribution in [1.82, 2.24) is 0 Å². The van der Waals surface area contributed by atoms with Gasteiger partial charge in [0.25, 0.3) is 0 Å². The van der Waals surface area contributed by atoms with Crippen LogP contribution in [0.4, 0.5) is 0 Å². The van der Waals surface area contributed by atoms with Crippen LogP contribution in [0.5, 0.6) is 0 Å². The van der Waals surface area contributed by atoms with Crippen LogP contribution < -0.4 is 0 Å². The monoisotopic (exact) mass is 528 g/mol. The van der Waals surface area contributed by atoms with Crippen molar-refractivity contribution >= 4 is 11.6 Å². The molecule has 0 atom stereocenters. The van der Waals surface area contributed by atoms with Crippen molar-refractivity contribution in [2.24, 2.45) is 0 Å². The highest BCUT2D eigenvalue weighted by Gasteiger charge is 2.08. The van der Waals surface area contributed by atoms with Crippen molar-refractivity contribution in [1.29, 1.82) is 0 Å². The SMILES string of the molecule is Cc1ccc(C(=O)Cc2ccc(C#Cc3ccc(C#Cc4ccc(C(=O)c5ccc(C)cc5)cc4)cc3)cc2)cc1. The maximum Gasteiger partial charge on any atom is 0.193 e. The minimum Gasteiger partial charge on any atom is -0.294 e. The van der Waals surface area contributed by atoms with Crippen LogP contribution in [0.1, 0.15) is 65.2 Å². The Hall–Kier alpha value is -5.44. The Balaban J connectivity index is 1.17. The molecule has 0 amide bonds. The third-order valence-corrected chi connectivity index (χ3v) is 6.74. The summed E-state index contributed by atoms with van der Waals surface area (Å²) in [6.07, 6.45) is 0.370. The Kier molecular flexibility index (Phi) is 8.35. The molecule has 0 saturated heterocycles. The number of carbonyl (C=O) groups is 2. The van der Waals surface area contributed by atoms with Gasteiger partial charge in [-0.15, -0.1) is 0 Å². The fourth-order valence-electron chi connectivity index (χ4n) is 4.23. The maximum atomic E-state index is 12.7. The summed E-state index contributed by atoms with van der Waals surface area (Å²) in [6, 6.07) is 38.3. The second-order valence-electron chi connectivity index (χ2n) is 10.0. The van der Waals surface area contributed by atoms with Gasteiger partial charge in [-0.2, -0.15) is 0 Å². The topological polar surface area (TPSA) is 34.1 Å². The predicted octanol–water partition coefficient (Wildman–Crippen LogP) is 7.76. The predicted molar refractivity (Wildman–Crippen MR) is 165 cm³/mol. The molecule has 0 N–H and O–H groups in total. The molecular formula is C39H28O2. The fraction of sp³-hybridized carbons (Fsp3) is 0.0769. The van der Waals surface area contributed by atoms with E-state index >= 15 is 0 Å². The molecule has 196 valence electrons. The molecule has 2 heteroatoms. The summed E-state index contributed by atoms with van der Waals surface area (Å²) in [5.41, 5.74) is 8.82. The van der Waals surface area contributed by atoms with Crippen molar-refractivity contribution in [3.8, 4) is 23.7 Å². The molecule has 0 heterocycles. The first-order valence-corrected chi connectivity index (χ1v) is 13.5. The van der Waals surface area contributed by atoms with Gasteiger partial charge in [0, 0.05) is 45.4 Å². The summed E-state index contributed by atoms with van der Waals surface area (Å²) < 4.78 is 0. The largest absolute Gasteiger partial charge is 0.294 e. The summed E-state index contributed by atoms with van der Waals surface area (Å²) in [4.78, 5) is 25.2. The Morgan fingerprint density at radius 3 is 1.17 bits per heavy atom. The molecule has 0 unspecified atom stereocenters. The molecule has 0 aliphatic rings. The van der Waals surface area contributed by atoms with Gasteiger partial charge in [-0.1, -0.05) is 95.5 Å². The van der Waals surface area contributed by atoms with Crippen LogP contribution in [0, 0.1) is 37.5 Å². The zero-order valence-corrected chi connectivity index (χ0v) is 23.1. The lowest BCUT2D eigenvalue weighted by Gasteiger charge is -2.02. The van der Waals surface area contributed by atoms with E-state index in [9.17, 15) is 9.59 Å². The lowest BCUT2D eigenvalue weighted by molar-refractivity contribution is 0.0991. The van der Waals surface area contributed by atoms with Gasteiger partial charge in [0.1, 0.15) is 0 Å². The van der Waals surface area contributed by atoms with E-state index in [0.717, 1.165) is 44.5 Å². The molecule has 0 spiro atoms. The van der Waals surface area contributed by atoms with Crippen LogP contribution in [-0.2, 0) is 6.42 Å². The number of rotatable bonds is 5. The van der Waals surface area contributed by atoms with Crippen molar-refractivity contribution in [2.45, 2.75) is 20.3 Å². The van der Waals surface area contributed by atoms with E-state index < -0.39 is 0 Å². The summed E-state index contributed by atoms with van der Waals surface area (Å²) in [6.45, 7) is 4.01. The molecule has 0 bridgehead atoms. The van der Waals surface area contributed by atoms with E-state index in [1.54, 1.807) is 0 Å². The van der Waals surface area contributed by atoms with Crippen LogP contribution in [0.3, 0.4) is 0 Å². The molecule has 0 aliphatic carbocycles. The minimum absolute atomic E-state index is 0.00497. The smallest absolute Gasteiger partial charge is 0.193 e. The van der Waals surface area contributed by atoms with Crippen molar-refractivity contribution in [3.63, 3.8) is 0 Å². The molecule has 0 fully saturated rings. The number of Topliss-reactive ketones (excluding diaryl/α,β-unsaturated/α-hetero) is 1. The van der Waals surface area contributed by atoms with Crippen LogP contribution in [0.15, 0.2) is 121 Å². The van der Waals surface area contributed by atoms with E-state index in [1.807, 2.05) is 135 Å². The first-order chi connectivity index (χ1) is 19.9. The molecule has 41 heavy (non-hydrogen) atoms. The van der Waals surface area contributed by atoms with Crippen molar-refractivity contribution in [3.05, 3.63) is 177 Å². The highest BCUT2D eigenvalue weighted by Crippen LogP contribution is 2.13. The van der Waals surface area contributed by atoms with Gasteiger partial charge in [0.05, 0.1) is 0 Å². The number of benzene rings is 5. The fourth-order valence-corrected chi connectivity index (χ4v) is 4.23. The number of hydrogen-bond acceptors (Lipinski definition) is 2. The summed E-state index contributed by atoms with van der Waals surface area (Å²) in [5.74, 6) is 12.8. The third kappa shape index (κ3) is 7.36. The lowest BCUT2D eigenvalue weighted by Crippen LogP contribution is -2.03. The Bertz CT molecular complexity index is 1800. The zero-order chi connectivity index (χ0) is 28.6. The van der Waals surface area contributed by atoms with Gasteiger partial charge in [-0.25, -0.2) is 0 Å². The quantitative estimate of drug-likeness (QED) is 0.173. The van der Waals surface area contributed by atoms with E-state index in [2.05, 4.69) is 23.7 Å². The van der Waals surface area contributed by atoms with Gasteiger partial charge < -0.3 is 0 Å². The maximum absolute atomic E-state index is 12.7. The van der Waals surface area contributed by atoms with Crippen LogP contribution in [0.2, 0.25) is 0 Å². The molecule has 5 aromatic carbocycles. The molecule has 0 aliphatic heterocycles. The van der Waals surface area contributed by atoms with Crippen molar-refractivity contribution in [2.75, 3.05) is 0 Å². The number of hydrogen-bond donors (Lipinski definition) is 0. The molecule has 0 radical (unpaired) electrons. The van der Waals surface area contributed by atoms with E-state index in [1.165, 1.54) is 0 Å². The Morgan fingerprint density at radius 2 is 0.756 bits per heavy atom. The third-order valence-electron chi connectivity index (χ3n) is 6.74. The number of aryl methyl sites for hydroxylation is 2. The normalized spacial score (nSPS) is 10.1. The lowest BCUT2D eigenvalue weighted by atomic mass is 10.0. The van der Waals surface area contributed by atoms with Gasteiger partial charge >= 0.3 is 0 Å². The van der Waals surface area contributed by atoms with E-state index in [0.29, 0.717) is 17.5 Å². The number of carbonyl (C=O) groups excluding carboxylic acids is 2. The minimum atomic E-state index is 0.00497. The zero-order valence-electron chi connectivity index (χ0n) is 23.1.